The van der Waals surface area contributed by atoms with Crippen molar-refractivity contribution in [3.05, 3.63) is 59.4 Å². The Hall–Kier alpha value is -2.64. The van der Waals surface area contributed by atoms with Crippen LogP contribution in [0.15, 0.2) is 42.5 Å². The van der Waals surface area contributed by atoms with Crippen LogP contribution in [0.3, 0.4) is 0 Å². The van der Waals surface area contributed by atoms with E-state index in [0.717, 1.165) is 25.1 Å². The minimum atomic E-state index is -0.270. The fraction of sp³-hybridized carbons (Fsp3) is 0.458. The van der Waals surface area contributed by atoms with E-state index in [0.29, 0.717) is 42.8 Å². The number of benzene rings is 2. The number of ether oxygens (including phenoxy) is 3. The van der Waals surface area contributed by atoms with Crippen molar-refractivity contribution in [2.24, 2.45) is 5.92 Å². The summed E-state index contributed by atoms with van der Waals surface area (Å²) in [5.74, 6) is 1.55. The van der Waals surface area contributed by atoms with Crippen LogP contribution in [0, 0.1) is 11.7 Å². The first-order valence-electron chi connectivity index (χ1n) is 10.9. The Balaban J connectivity index is 1.15. The van der Waals surface area contributed by atoms with Crippen molar-refractivity contribution in [2.45, 2.75) is 31.6 Å². The predicted molar refractivity (Wildman–Crippen MR) is 113 cm³/mol. The highest BCUT2D eigenvalue weighted by molar-refractivity contribution is 5.95. The summed E-state index contributed by atoms with van der Waals surface area (Å²) in [4.78, 5) is 15.2. The van der Waals surface area contributed by atoms with Crippen LogP contribution in [0.4, 0.5) is 4.39 Å². The van der Waals surface area contributed by atoms with Gasteiger partial charge in [0.1, 0.15) is 12.4 Å². The highest BCUT2D eigenvalue weighted by Gasteiger charge is 2.33. The highest BCUT2D eigenvalue weighted by Crippen LogP contribution is 2.33. The van der Waals surface area contributed by atoms with Gasteiger partial charge in [0.05, 0.1) is 13.2 Å². The zero-order valence-electron chi connectivity index (χ0n) is 17.4. The minimum Gasteiger partial charge on any atom is -0.486 e. The molecule has 3 aliphatic rings. The molecular formula is C24H27FN2O4. The summed E-state index contributed by atoms with van der Waals surface area (Å²) < 4.78 is 30.5. The van der Waals surface area contributed by atoms with Crippen LogP contribution in [0.1, 0.15) is 28.8 Å². The first kappa shape index (κ1) is 20.3. The quantitative estimate of drug-likeness (QED) is 0.770. The van der Waals surface area contributed by atoms with E-state index < -0.39 is 0 Å². The summed E-state index contributed by atoms with van der Waals surface area (Å²) in [6.07, 6.45) is 2.02. The van der Waals surface area contributed by atoms with Crippen LogP contribution in [0.2, 0.25) is 0 Å². The third-order valence-corrected chi connectivity index (χ3v) is 6.21. The van der Waals surface area contributed by atoms with Crippen molar-refractivity contribution in [1.29, 1.82) is 0 Å². The number of carbonyl (C=O) groups excluding carboxylic acids is 1. The van der Waals surface area contributed by atoms with Crippen molar-refractivity contribution in [1.82, 2.24) is 10.2 Å². The maximum absolute atomic E-state index is 13.0. The van der Waals surface area contributed by atoms with Gasteiger partial charge in [-0.25, -0.2) is 4.39 Å². The van der Waals surface area contributed by atoms with Crippen LogP contribution in [-0.2, 0) is 11.3 Å². The third-order valence-electron chi connectivity index (χ3n) is 6.21. The largest absolute Gasteiger partial charge is 0.486 e. The Kier molecular flexibility index (Phi) is 5.78. The number of hydrogen-bond donors (Lipinski definition) is 1. The van der Waals surface area contributed by atoms with Gasteiger partial charge >= 0.3 is 0 Å². The zero-order chi connectivity index (χ0) is 21.2. The van der Waals surface area contributed by atoms with E-state index in [4.69, 9.17) is 14.2 Å². The summed E-state index contributed by atoms with van der Waals surface area (Å²) in [5, 5.41) is 3.18. The molecule has 1 amide bonds. The van der Waals surface area contributed by atoms with Gasteiger partial charge in [-0.1, -0.05) is 12.1 Å². The average Bonchev–Trinajstić information content (AvgIpc) is 3.12. The Labute approximate surface area is 181 Å². The number of halogens is 1. The molecule has 2 aromatic rings. The SMILES string of the molecule is O=C(N[C@H]1C[C@@H]2CCN(C2)C1)c1ccc2c(c1)O[C@H](COCc1ccc(F)cc1)CO2. The van der Waals surface area contributed by atoms with Gasteiger partial charge in [0.2, 0.25) is 0 Å². The second kappa shape index (κ2) is 8.85. The van der Waals surface area contributed by atoms with Crippen molar-refractivity contribution < 1.29 is 23.4 Å². The van der Waals surface area contributed by atoms with Gasteiger partial charge < -0.3 is 24.4 Å². The van der Waals surface area contributed by atoms with E-state index in [1.807, 2.05) is 0 Å². The fourth-order valence-electron chi connectivity index (χ4n) is 4.66. The molecule has 1 unspecified atom stereocenters. The molecule has 1 N–H and O–H groups in total. The topological polar surface area (TPSA) is 60.0 Å². The number of nitrogens with one attached hydrogen (secondary N) is 1. The average molecular weight is 426 g/mol. The molecule has 0 aromatic heterocycles. The molecule has 31 heavy (non-hydrogen) atoms. The van der Waals surface area contributed by atoms with Gasteiger partial charge in [0.15, 0.2) is 17.6 Å². The van der Waals surface area contributed by atoms with E-state index in [9.17, 15) is 9.18 Å². The normalized spacial score (nSPS) is 26.5. The maximum atomic E-state index is 13.0. The first-order chi connectivity index (χ1) is 15.1. The van der Waals surface area contributed by atoms with Crippen LogP contribution in [0.25, 0.3) is 0 Å². The Morgan fingerprint density at radius 3 is 2.87 bits per heavy atom. The van der Waals surface area contributed by atoms with Crippen molar-refractivity contribution in [2.75, 3.05) is 32.8 Å². The number of piperidine rings is 1. The van der Waals surface area contributed by atoms with Gasteiger partial charge in [-0.05, 0) is 61.2 Å². The molecule has 7 heteroatoms. The molecule has 5 rings (SSSR count). The number of amides is 1. The predicted octanol–water partition coefficient (Wildman–Crippen LogP) is 3.01. The van der Waals surface area contributed by atoms with Gasteiger partial charge in [0.25, 0.3) is 5.91 Å². The Morgan fingerprint density at radius 2 is 2.03 bits per heavy atom. The molecule has 3 aliphatic heterocycles. The molecule has 2 saturated heterocycles. The lowest BCUT2D eigenvalue weighted by atomic mass is 9.96. The molecule has 2 bridgehead atoms. The third kappa shape index (κ3) is 4.83. The number of fused-ring (bicyclic) bond motifs is 3. The van der Waals surface area contributed by atoms with E-state index in [-0.39, 0.29) is 23.9 Å². The van der Waals surface area contributed by atoms with Crippen molar-refractivity contribution >= 4 is 5.91 Å². The summed E-state index contributed by atoms with van der Waals surface area (Å²) >= 11 is 0. The van der Waals surface area contributed by atoms with Crippen molar-refractivity contribution in [3.8, 4) is 11.5 Å². The van der Waals surface area contributed by atoms with E-state index in [2.05, 4.69) is 10.2 Å². The Bertz CT molecular complexity index is 924. The standard InChI is InChI=1S/C24H27FN2O4/c25-19-4-1-16(2-5-19)13-29-14-21-15-30-22-6-3-18(10-23(22)31-21)24(28)26-20-9-17-7-8-27(11-17)12-20/h1-6,10,17,20-21H,7-9,11-15H2,(H,26,28)/t17-,20-,21+/m0/s1. The maximum Gasteiger partial charge on any atom is 0.251 e. The van der Waals surface area contributed by atoms with Crippen LogP contribution < -0.4 is 14.8 Å². The number of carbonyl (C=O) groups is 1. The molecule has 2 fully saturated rings. The summed E-state index contributed by atoms with van der Waals surface area (Å²) in [7, 11) is 0. The second-order valence-corrected chi connectivity index (χ2v) is 8.67. The first-order valence-corrected chi connectivity index (χ1v) is 10.9. The summed E-state index contributed by atoms with van der Waals surface area (Å²) in [6, 6.07) is 11.7. The number of nitrogens with zero attached hydrogens (tertiary/aromatic N) is 1. The Morgan fingerprint density at radius 1 is 1.16 bits per heavy atom. The number of hydrogen-bond acceptors (Lipinski definition) is 5. The van der Waals surface area contributed by atoms with Gasteiger partial charge in [-0.2, -0.15) is 0 Å². The smallest absolute Gasteiger partial charge is 0.251 e. The zero-order valence-corrected chi connectivity index (χ0v) is 17.4. The highest BCUT2D eigenvalue weighted by atomic mass is 19.1. The molecule has 3 heterocycles. The van der Waals surface area contributed by atoms with E-state index in [1.54, 1.807) is 30.3 Å². The van der Waals surface area contributed by atoms with E-state index >= 15 is 0 Å². The monoisotopic (exact) mass is 426 g/mol. The lowest BCUT2D eigenvalue weighted by Gasteiger charge is -2.30. The van der Waals surface area contributed by atoms with Crippen molar-refractivity contribution in [3.63, 3.8) is 0 Å². The van der Waals surface area contributed by atoms with Crippen LogP contribution in [-0.4, -0.2) is 55.8 Å². The van der Waals surface area contributed by atoms with Gasteiger partial charge in [-0.15, -0.1) is 0 Å². The van der Waals surface area contributed by atoms with E-state index in [1.165, 1.54) is 25.1 Å². The van der Waals surface area contributed by atoms with Crippen LogP contribution >= 0.6 is 0 Å². The summed E-state index contributed by atoms with van der Waals surface area (Å²) in [5.41, 5.74) is 1.47. The lowest BCUT2D eigenvalue weighted by Crippen LogP contribution is -2.47. The molecule has 2 aromatic carbocycles. The van der Waals surface area contributed by atoms with Gasteiger partial charge in [-0.3, -0.25) is 4.79 Å². The molecule has 4 atom stereocenters. The minimum absolute atomic E-state index is 0.0754. The molecular weight excluding hydrogens is 399 g/mol. The number of rotatable bonds is 6. The molecule has 6 nitrogen and oxygen atoms in total. The summed E-state index contributed by atoms with van der Waals surface area (Å²) in [6.45, 7) is 4.33. The molecule has 0 spiro atoms. The molecule has 164 valence electrons. The lowest BCUT2D eigenvalue weighted by molar-refractivity contribution is 0.00266. The second-order valence-electron chi connectivity index (χ2n) is 8.67. The fourth-order valence-corrected chi connectivity index (χ4v) is 4.66. The van der Waals surface area contributed by atoms with Gasteiger partial charge in [0, 0.05) is 24.7 Å². The molecule has 0 radical (unpaired) electrons. The van der Waals surface area contributed by atoms with Crippen LogP contribution in [0.5, 0.6) is 11.5 Å². The molecule has 0 aliphatic carbocycles. The molecule has 0 saturated carbocycles.